The van der Waals surface area contributed by atoms with Crippen molar-refractivity contribution >= 4 is 25.2 Å². The van der Waals surface area contributed by atoms with Crippen molar-refractivity contribution in [3.8, 4) is 0 Å². The van der Waals surface area contributed by atoms with Gasteiger partial charge in [-0.05, 0) is 18.6 Å². The Kier molecular flexibility index (Phi) is 7.49. The quantitative estimate of drug-likeness (QED) is 0.444. The van der Waals surface area contributed by atoms with Gasteiger partial charge < -0.3 is 25.0 Å². The van der Waals surface area contributed by atoms with Crippen LogP contribution in [0.1, 0.15) is 6.42 Å². The minimum absolute atomic E-state index is 0.118. The molecule has 1 aliphatic carbocycles. The Bertz CT molecular complexity index is 399. The Morgan fingerprint density at radius 1 is 1.38 bits per heavy atom. The highest BCUT2D eigenvalue weighted by molar-refractivity contribution is 7.80. The first-order chi connectivity index (χ1) is 9.88. The van der Waals surface area contributed by atoms with Crippen molar-refractivity contribution in [3.05, 3.63) is 0 Å². The average Bonchev–Trinajstić information content (AvgIpc) is 2.75. The summed E-state index contributed by atoms with van der Waals surface area (Å²) >= 11 is 5.09. The topological polar surface area (TPSA) is 98.3 Å². The van der Waals surface area contributed by atoms with Crippen molar-refractivity contribution in [2.45, 2.75) is 24.7 Å². The summed E-state index contributed by atoms with van der Waals surface area (Å²) in [4.78, 5) is 9.55. The fourth-order valence-electron chi connectivity index (χ4n) is 2.49. The van der Waals surface area contributed by atoms with Crippen molar-refractivity contribution in [3.63, 3.8) is 0 Å². The molecule has 0 amide bonds. The Balaban J connectivity index is 2.88. The summed E-state index contributed by atoms with van der Waals surface area (Å²) in [7, 11) is 1.79. The third-order valence-corrected chi connectivity index (χ3v) is 4.72. The molecule has 8 nitrogen and oxygen atoms in total. The minimum atomic E-state index is -4.11. The molecule has 10 heteroatoms. The molecule has 1 fully saturated rings. The normalized spacial score (nSPS) is 31.7. The molecule has 1 rings (SSSR count). The molecule has 5 atom stereocenters. The summed E-state index contributed by atoms with van der Waals surface area (Å²) in [5.41, 5.74) is 0. The number of phosphoric ester groups is 1. The van der Waals surface area contributed by atoms with Gasteiger partial charge in [-0.1, -0.05) is 0 Å². The van der Waals surface area contributed by atoms with Gasteiger partial charge in [0.2, 0.25) is 0 Å². The van der Waals surface area contributed by atoms with Crippen LogP contribution >= 0.6 is 20.0 Å². The lowest BCUT2D eigenvalue weighted by atomic mass is 10.1. The molecule has 1 saturated carbocycles. The fraction of sp³-hybridized carbons (Fsp3) is 0.909. The number of hydrogen-bond donors (Lipinski definition) is 3. The van der Waals surface area contributed by atoms with Gasteiger partial charge in [-0.3, -0.25) is 9.05 Å². The minimum Gasteiger partial charge on any atom is -0.384 e. The van der Waals surface area contributed by atoms with E-state index in [-0.39, 0.29) is 12.0 Å². The summed E-state index contributed by atoms with van der Waals surface area (Å²) < 4.78 is 32.0. The van der Waals surface area contributed by atoms with Gasteiger partial charge in [0.05, 0.1) is 12.6 Å². The molecule has 124 valence electrons. The zero-order valence-corrected chi connectivity index (χ0v) is 14.3. The van der Waals surface area contributed by atoms with E-state index in [9.17, 15) is 9.46 Å². The van der Waals surface area contributed by atoms with Crippen molar-refractivity contribution in [2.24, 2.45) is 5.92 Å². The van der Waals surface area contributed by atoms with Gasteiger partial charge in [-0.25, -0.2) is 4.57 Å². The summed E-state index contributed by atoms with van der Waals surface area (Å²) in [6, 6.07) is -0.156. The van der Waals surface area contributed by atoms with E-state index in [1.165, 1.54) is 7.11 Å². The van der Waals surface area contributed by atoms with Crippen LogP contribution in [0.5, 0.6) is 0 Å². The van der Waals surface area contributed by atoms with Gasteiger partial charge in [0.1, 0.15) is 12.2 Å². The SMILES string of the molecule is CNC(=S)N[C@H]1C[C@H](COC)C(OP(=O)(O)OC)[C@@H]1OC. The molecule has 0 bridgehead atoms. The van der Waals surface area contributed by atoms with Crippen molar-refractivity contribution in [2.75, 3.05) is 35.0 Å². The summed E-state index contributed by atoms with van der Waals surface area (Å²) in [6.07, 6.45) is -0.460. The number of ether oxygens (including phenoxy) is 2. The third-order valence-electron chi connectivity index (χ3n) is 3.42. The van der Waals surface area contributed by atoms with Crippen molar-refractivity contribution < 1.29 is 28.0 Å². The maximum Gasteiger partial charge on any atom is 0.472 e. The van der Waals surface area contributed by atoms with Crippen molar-refractivity contribution in [1.29, 1.82) is 0 Å². The number of hydrogen-bond acceptors (Lipinski definition) is 6. The maximum atomic E-state index is 11.7. The molecule has 3 N–H and O–H groups in total. The van der Waals surface area contributed by atoms with Crippen LogP contribution in [0.2, 0.25) is 0 Å². The zero-order chi connectivity index (χ0) is 16.0. The van der Waals surface area contributed by atoms with E-state index in [1.54, 1.807) is 14.2 Å². The van der Waals surface area contributed by atoms with Gasteiger partial charge in [0, 0.05) is 34.3 Å². The smallest absolute Gasteiger partial charge is 0.384 e. The standard InChI is InChI=1S/C11H23N2O6PS/c1-12-11(21)13-8-5-7(6-16-2)9(10(8)17-3)19-20(14,15)18-4/h7-10H,5-6H2,1-4H3,(H,14,15)(H2,12,13,21)/t7-,8+,9?,10-/m1/s1. The van der Waals surface area contributed by atoms with E-state index >= 15 is 0 Å². The molecule has 0 saturated heterocycles. The van der Waals surface area contributed by atoms with Crippen LogP contribution in [0.3, 0.4) is 0 Å². The lowest BCUT2D eigenvalue weighted by Gasteiger charge is -2.27. The van der Waals surface area contributed by atoms with Gasteiger partial charge in [-0.15, -0.1) is 0 Å². The average molecular weight is 342 g/mol. The maximum absolute atomic E-state index is 11.7. The zero-order valence-electron chi connectivity index (χ0n) is 12.6. The lowest BCUT2D eigenvalue weighted by molar-refractivity contribution is -0.0282. The van der Waals surface area contributed by atoms with Crippen LogP contribution < -0.4 is 10.6 Å². The second-order valence-corrected chi connectivity index (χ2v) is 6.62. The van der Waals surface area contributed by atoms with E-state index in [1.807, 2.05) is 0 Å². The molecule has 2 unspecified atom stereocenters. The molecule has 21 heavy (non-hydrogen) atoms. The van der Waals surface area contributed by atoms with Crippen molar-refractivity contribution in [1.82, 2.24) is 10.6 Å². The summed E-state index contributed by atoms with van der Waals surface area (Å²) in [5.74, 6) is -0.118. The van der Waals surface area contributed by atoms with Crippen LogP contribution in [0.4, 0.5) is 0 Å². The molecular weight excluding hydrogens is 319 g/mol. The van der Waals surface area contributed by atoms with Gasteiger partial charge in [0.25, 0.3) is 0 Å². The van der Waals surface area contributed by atoms with Gasteiger partial charge in [0.15, 0.2) is 5.11 Å². The van der Waals surface area contributed by atoms with Crippen LogP contribution in [-0.4, -0.2) is 63.2 Å². The molecule has 0 aromatic carbocycles. The number of methoxy groups -OCH3 is 2. The van der Waals surface area contributed by atoms with E-state index in [4.69, 9.17) is 26.2 Å². The molecular formula is C11H23N2O6PS. The molecule has 0 aromatic heterocycles. The molecule has 1 aliphatic rings. The van der Waals surface area contributed by atoms with Crippen LogP contribution in [0, 0.1) is 5.92 Å². The number of phosphoric acid groups is 1. The van der Waals surface area contributed by atoms with Crippen LogP contribution in [0.15, 0.2) is 0 Å². The summed E-state index contributed by atoms with van der Waals surface area (Å²) in [6.45, 7) is 0.374. The second kappa shape index (κ2) is 8.38. The lowest BCUT2D eigenvalue weighted by Crippen LogP contribution is -2.47. The highest BCUT2D eigenvalue weighted by atomic mass is 32.1. The Morgan fingerprint density at radius 3 is 2.52 bits per heavy atom. The first-order valence-electron chi connectivity index (χ1n) is 6.45. The predicted octanol–water partition coefficient (Wildman–Crippen LogP) is 0.262. The Morgan fingerprint density at radius 2 is 2.05 bits per heavy atom. The molecule has 0 radical (unpaired) electrons. The van der Waals surface area contributed by atoms with E-state index < -0.39 is 20.0 Å². The number of thiocarbonyl (C=S) groups is 1. The van der Waals surface area contributed by atoms with E-state index in [0.717, 1.165) is 7.11 Å². The first-order valence-corrected chi connectivity index (χ1v) is 8.35. The van der Waals surface area contributed by atoms with Gasteiger partial charge in [-0.2, -0.15) is 0 Å². The Labute approximate surface area is 130 Å². The number of nitrogens with one attached hydrogen (secondary N) is 2. The van der Waals surface area contributed by atoms with Crippen LogP contribution in [-0.2, 0) is 23.1 Å². The second-order valence-electron chi connectivity index (χ2n) is 4.70. The molecule has 0 aromatic rings. The molecule has 0 heterocycles. The third kappa shape index (κ3) is 5.14. The highest BCUT2D eigenvalue weighted by Gasteiger charge is 2.47. The largest absolute Gasteiger partial charge is 0.472 e. The van der Waals surface area contributed by atoms with E-state index in [2.05, 4.69) is 15.2 Å². The highest BCUT2D eigenvalue weighted by Crippen LogP contribution is 2.48. The van der Waals surface area contributed by atoms with E-state index in [0.29, 0.717) is 18.1 Å². The summed E-state index contributed by atoms with van der Waals surface area (Å²) in [5, 5.41) is 6.39. The Hall–Kier alpha value is -0.280. The van der Waals surface area contributed by atoms with Crippen LogP contribution in [0.25, 0.3) is 0 Å². The van der Waals surface area contributed by atoms with Gasteiger partial charge >= 0.3 is 7.82 Å². The fourth-order valence-corrected chi connectivity index (χ4v) is 3.33. The molecule has 0 aliphatic heterocycles. The predicted molar refractivity (Wildman–Crippen MR) is 81.1 cm³/mol. The first kappa shape index (κ1) is 18.8. The molecule has 0 spiro atoms. The number of rotatable bonds is 7. The monoisotopic (exact) mass is 342 g/mol.